The Morgan fingerprint density at radius 1 is 1.57 bits per heavy atom. The maximum Gasteiger partial charge on any atom is 0.186 e. The van der Waals surface area contributed by atoms with Gasteiger partial charge in [0.05, 0.1) is 13.2 Å². The number of nitrogens with zero attached hydrogens (tertiary/aromatic N) is 1. The summed E-state index contributed by atoms with van der Waals surface area (Å²) >= 11 is -2.60. The van der Waals surface area contributed by atoms with Crippen LogP contribution >= 0.6 is 0 Å². The first-order valence-electron chi connectivity index (χ1n) is 4.27. The number of ether oxygens (including phenoxy) is 1. The second kappa shape index (κ2) is 4.94. The van der Waals surface area contributed by atoms with Crippen LogP contribution in [0.3, 0.4) is 0 Å². The van der Waals surface area contributed by atoms with Crippen molar-refractivity contribution in [1.29, 1.82) is 0 Å². The van der Waals surface area contributed by atoms with E-state index in [1.807, 2.05) is 0 Å². The summed E-state index contributed by atoms with van der Waals surface area (Å²) in [5.74, 6) is -0.0997. The van der Waals surface area contributed by atoms with Gasteiger partial charge < -0.3 is 9.29 Å². The molecule has 1 unspecified atom stereocenters. The third-order valence-corrected chi connectivity index (χ3v) is 2.45. The van der Waals surface area contributed by atoms with Gasteiger partial charge in [0.25, 0.3) is 0 Å². The summed E-state index contributed by atoms with van der Waals surface area (Å²) in [5.41, 5.74) is 0. The molecule has 0 aromatic carbocycles. The highest BCUT2D eigenvalue weighted by molar-refractivity contribution is 7.73. The lowest BCUT2D eigenvalue weighted by atomic mass is 10.3. The Hall–Kier alpha value is -0.340. The molecule has 0 saturated carbocycles. The van der Waals surface area contributed by atoms with Crippen LogP contribution in [-0.4, -0.2) is 52.0 Å². The van der Waals surface area contributed by atoms with Crippen molar-refractivity contribution >= 4 is 17.1 Å². The van der Waals surface area contributed by atoms with Gasteiger partial charge in [-0.05, 0) is 0 Å². The van der Waals surface area contributed by atoms with Crippen LogP contribution in [0.5, 0.6) is 0 Å². The highest BCUT2D eigenvalue weighted by atomic mass is 32.2. The fraction of sp³-hybridized carbons (Fsp3) is 0.857. The molecule has 0 spiro atoms. The number of quaternary nitrogens is 1. The number of hydrogen-bond acceptors (Lipinski definition) is 5. The highest BCUT2D eigenvalue weighted by Crippen LogP contribution is 2.13. The molecule has 0 bridgehead atoms. The molecule has 1 fully saturated rings. The lowest BCUT2D eigenvalue weighted by molar-refractivity contribution is -1.08. The van der Waals surface area contributed by atoms with Gasteiger partial charge in [-0.15, -0.1) is 4.28 Å². The zero-order valence-electron chi connectivity index (χ0n) is 7.93. The largest absolute Gasteiger partial charge is 0.745 e. The van der Waals surface area contributed by atoms with Crippen LogP contribution in [0.25, 0.3) is 0 Å². The smallest absolute Gasteiger partial charge is 0.186 e. The molecule has 1 saturated heterocycles. The predicted octanol–water partition coefficient (Wildman–Crippen LogP) is -0.852. The molecule has 0 amide bonds. The van der Waals surface area contributed by atoms with Gasteiger partial charge in [0.2, 0.25) is 0 Å². The van der Waals surface area contributed by atoms with Crippen molar-refractivity contribution in [2.24, 2.45) is 0 Å². The molecule has 1 heterocycles. The fourth-order valence-corrected chi connectivity index (χ4v) is 1.93. The van der Waals surface area contributed by atoms with E-state index >= 15 is 0 Å². The van der Waals surface area contributed by atoms with Crippen molar-refractivity contribution in [2.75, 3.05) is 32.8 Å². The second-order valence-corrected chi connectivity index (χ2v) is 3.81. The summed E-state index contributed by atoms with van der Waals surface area (Å²) in [4.78, 5) is 11.0. The average Bonchev–Trinajstić information content (AvgIpc) is 2.01. The highest BCUT2D eigenvalue weighted by Gasteiger charge is 2.35. The normalized spacial score (nSPS) is 23.0. The Morgan fingerprint density at radius 2 is 2.14 bits per heavy atom. The van der Waals surface area contributed by atoms with Crippen molar-refractivity contribution < 1.29 is 27.2 Å². The summed E-state index contributed by atoms with van der Waals surface area (Å²) < 4.78 is 30.6. The topological polar surface area (TPSA) is 75.7 Å². The van der Waals surface area contributed by atoms with Crippen molar-refractivity contribution in [1.82, 2.24) is 0 Å². The van der Waals surface area contributed by atoms with E-state index in [1.54, 1.807) is 0 Å². The van der Waals surface area contributed by atoms with Crippen LogP contribution < -0.4 is 0 Å². The van der Waals surface area contributed by atoms with Gasteiger partial charge in [-0.25, -0.2) is 4.21 Å². The van der Waals surface area contributed by atoms with E-state index in [0.717, 1.165) is 0 Å². The molecule has 0 radical (unpaired) electrons. The summed E-state index contributed by atoms with van der Waals surface area (Å²) in [6, 6.07) is 0. The van der Waals surface area contributed by atoms with Gasteiger partial charge in [0.15, 0.2) is 12.3 Å². The van der Waals surface area contributed by atoms with Crippen LogP contribution in [0.4, 0.5) is 0 Å². The molecule has 82 valence electrons. The zero-order valence-corrected chi connectivity index (χ0v) is 8.75. The van der Waals surface area contributed by atoms with E-state index in [4.69, 9.17) is 9.02 Å². The van der Waals surface area contributed by atoms with E-state index < -0.39 is 11.4 Å². The van der Waals surface area contributed by atoms with Crippen LogP contribution in [0, 0.1) is 0 Å². The molecule has 6 nitrogen and oxygen atoms in total. The molecule has 1 aliphatic rings. The molecule has 1 atom stereocenters. The lowest BCUT2D eigenvalue weighted by Crippen LogP contribution is -2.57. The number of carbonyl (C=O) groups excluding carboxylic acids is 1. The second-order valence-electron chi connectivity index (χ2n) is 3.26. The first-order chi connectivity index (χ1) is 6.54. The van der Waals surface area contributed by atoms with E-state index in [9.17, 15) is 13.6 Å². The standard InChI is InChI=1S/C7H13NO5S/c1-7(9)6-8(13-14(10)11)2-4-12-5-3-8/h2-6H2,1H3. The fourth-order valence-electron chi connectivity index (χ4n) is 1.47. The van der Waals surface area contributed by atoms with Gasteiger partial charge in [-0.2, -0.15) is 4.65 Å². The third kappa shape index (κ3) is 3.43. The van der Waals surface area contributed by atoms with Crippen molar-refractivity contribution in [2.45, 2.75) is 6.92 Å². The van der Waals surface area contributed by atoms with E-state index in [1.165, 1.54) is 6.92 Å². The molecular formula is C7H13NO5S. The molecule has 0 N–H and O–H groups in total. The summed E-state index contributed by atoms with van der Waals surface area (Å²) in [7, 11) is 0. The number of rotatable bonds is 4. The Morgan fingerprint density at radius 3 is 2.57 bits per heavy atom. The summed E-state index contributed by atoms with van der Waals surface area (Å²) in [6.45, 7) is 3.06. The first kappa shape index (κ1) is 11.7. The minimum absolute atomic E-state index is 0.0668. The molecule has 14 heavy (non-hydrogen) atoms. The molecule has 1 rings (SSSR count). The molecular weight excluding hydrogens is 210 g/mol. The number of ketones is 1. The van der Waals surface area contributed by atoms with Gasteiger partial charge in [0, 0.05) is 6.92 Å². The van der Waals surface area contributed by atoms with Crippen molar-refractivity contribution in [3.63, 3.8) is 0 Å². The first-order valence-corrected chi connectivity index (χ1v) is 5.27. The molecule has 7 heteroatoms. The quantitative estimate of drug-likeness (QED) is 0.458. The van der Waals surface area contributed by atoms with Gasteiger partial charge >= 0.3 is 0 Å². The number of carbonyl (C=O) groups is 1. The summed E-state index contributed by atoms with van der Waals surface area (Å²) in [5, 5.41) is 0. The minimum atomic E-state index is -2.60. The van der Waals surface area contributed by atoms with Gasteiger partial charge in [-0.1, -0.05) is 0 Å². The Bertz CT molecular complexity index is 220. The maximum atomic E-state index is 11.0. The average molecular weight is 223 g/mol. The molecule has 0 aromatic rings. The van der Waals surface area contributed by atoms with E-state index in [0.29, 0.717) is 26.3 Å². The van der Waals surface area contributed by atoms with Crippen molar-refractivity contribution in [3.05, 3.63) is 0 Å². The minimum Gasteiger partial charge on any atom is -0.745 e. The number of hydroxylamine groups is 3. The number of Topliss-reactive ketones (excluding diaryl/α,β-unsaturated/α-hetero) is 1. The molecule has 0 aliphatic carbocycles. The molecule has 0 aromatic heterocycles. The Kier molecular flexibility index (Phi) is 4.14. The Labute approximate surface area is 84.8 Å². The Balaban J connectivity index is 2.66. The van der Waals surface area contributed by atoms with Gasteiger partial charge in [0.1, 0.15) is 24.5 Å². The number of hydrogen-bond donors (Lipinski definition) is 0. The third-order valence-electron chi connectivity index (χ3n) is 2.02. The predicted molar refractivity (Wildman–Crippen MR) is 46.4 cm³/mol. The number of morpholine rings is 1. The van der Waals surface area contributed by atoms with Crippen molar-refractivity contribution in [3.8, 4) is 0 Å². The lowest BCUT2D eigenvalue weighted by Gasteiger charge is -2.36. The van der Waals surface area contributed by atoms with Crippen LogP contribution in [0.2, 0.25) is 0 Å². The monoisotopic (exact) mass is 223 g/mol. The van der Waals surface area contributed by atoms with Crippen LogP contribution in [0.15, 0.2) is 0 Å². The zero-order chi connectivity index (χ0) is 10.6. The van der Waals surface area contributed by atoms with Gasteiger partial charge in [-0.3, -0.25) is 4.79 Å². The van der Waals surface area contributed by atoms with Crippen LogP contribution in [0.1, 0.15) is 6.92 Å². The maximum absolute atomic E-state index is 11.0. The van der Waals surface area contributed by atoms with E-state index in [2.05, 4.69) is 0 Å². The SMILES string of the molecule is CC(=O)C[N+]1(OS(=O)[O-])CCOCC1. The van der Waals surface area contributed by atoms with Crippen LogP contribution in [-0.2, 0) is 25.2 Å². The molecule has 1 aliphatic heterocycles. The summed E-state index contributed by atoms with van der Waals surface area (Å²) in [6.07, 6.45) is 0. The van der Waals surface area contributed by atoms with E-state index in [-0.39, 0.29) is 17.0 Å².